The van der Waals surface area contributed by atoms with Crippen LogP contribution in [-0.4, -0.2) is 60.1 Å². The van der Waals surface area contributed by atoms with Crippen molar-refractivity contribution in [2.24, 2.45) is 0 Å². The van der Waals surface area contributed by atoms with Crippen LogP contribution in [0.3, 0.4) is 0 Å². The van der Waals surface area contributed by atoms with Gasteiger partial charge < -0.3 is 4.74 Å². The average Bonchev–Trinajstić information content (AvgIpc) is 3.25. The highest BCUT2D eigenvalue weighted by atomic mass is 35.5. The molecule has 1 aromatic heterocycles. The number of nitrogens with zero attached hydrogens (tertiary/aromatic N) is 4. The van der Waals surface area contributed by atoms with E-state index in [4.69, 9.17) is 21.3 Å². The van der Waals surface area contributed by atoms with Crippen LogP contribution in [-0.2, 0) is 16.0 Å². The molecule has 1 saturated heterocycles. The molecule has 33 heavy (non-hydrogen) atoms. The first-order valence-electron chi connectivity index (χ1n) is 10.8. The first kappa shape index (κ1) is 23.6. The molecule has 1 aliphatic heterocycles. The van der Waals surface area contributed by atoms with E-state index in [0.717, 1.165) is 60.6 Å². The minimum absolute atomic E-state index is 0.00657. The van der Waals surface area contributed by atoms with Gasteiger partial charge in [-0.1, -0.05) is 35.1 Å². The molecule has 174 valence electrons. The van der Waals surface area contributed by atoms with E-state index in [9.17, 15) is 14.9 Å². The van der Waals surface area contributed by atoms with E-state index in [1.165, 1.54) is 23.5 Å². The van der Waals surface area contributed by atoms with Gasteiger partial charge in [-0.05, 0) is 36.6 Å². The van der Waals surface area contributed by atoms with Crippen LogP contribution >= 0.6 is 22.9 Å². The Morgan fingerprint density at radius 2 is 1.97 bits per heavy atom. The number of fused-ring (bicyclic) bond motifs is 1. The summed E-state index contributed by atoms with van der Waals surface area (Å²) in [6.07, 6.45) is 0.951. The summed E-state index contributed by atoms with van der Waals surface area (Å²) in [5.74, 6) is -0.0892. The SMILES string of the molecule is Cc1c(Cl)ccc2sc(N(CCCN3CCOCC3)C(=O)Cc3ccc([N+](=O)[O-])cc3)nc12. The maximum atomic E-state index is 13.3. The second-order valence-corrected chi connectivity index (χ2v) is 9.39. The fourth-order valence-corrected chi connectivity index (χ4v) is 5.03. The fraction of sp³-hybridized carbons (Fsp3) is 0.391. The molecule has 0 saturated carbocycles. The normalized spacial score (nSPS) is 14.5. The molecule has 0 spiro atoms. The van der Waals surface area contributed by atoms with Crippen molar-refractivity contribution in [2.75, 3.05) is 44.3 Å². The number of amides is 1. The van der Waals surface area contributed by atoms with Gasteiger partial charge in [-0.25, -0.2) is 4.98 Å². The number of nitro benzene ring substituents is 1. The maximum Gasteiger partial charge on any atom is 0.269 e. The van der Waals surface area contributed by atoms with Crippen LogP contribution in [0.4, 0.5) is 10.8 Å². The van der Waals surface area contributed by atoms with Crippen molar-refractivity contribution in [3.8, 4) is 0 Å². The van der Waals surface area contributed by atoms with Crippen molar-refractivity contribution < 1.29 is 14.5 Å². The number of carbonyl (C=O) groups excluding carboxylic acids is 1. The number of hydrogen-bond acceptors (Lipinski definition) is 7. The molecule has 1 aliphatic rings. The standard InChI is InChI=1S/C23H25ClN4O4S/c1-16-19(24)7-8-20-22(16)25-23(33-20)27(10-2-9-26-11-13-32-14-12-26)21(29)15-17-3-5-18(6-4-17)28(30)31/h3-8H,2,9-15H2,1H3. The molecule has 0 unspecified atom stereocenters. The van der Waals surface area contributed by atoms with Gasteiger partial charge in [0, 0.05) is 43.3 Å². The number of non-ortho nitro benzene ring substituents is 1. The lowest BCUT2D eigenvalue weighted by molar-refractivity contribution is -0.384. The number of carbonyl (C=O) groups is 1. The Hall–Kier alpha value is -2.59. The van der Waals surface area contributed by atoms with Gasteiger partial charge in [0.15, 0.2) is 5.13 Å². The van der Waals surface area contributed by atoms with Gasteiger partial charge in [0.25, 0.3) is 5.69 Å². The molecule has 4 rings (SSSR count). The van der Waals surface area contributed by atoms with Crippen LogP contribution in [0.5, 0.6) is 0 Å². The maximum absolute atomic E-state index is 13.3. The molecule has 0 radical (unpaired) electrons. The number of aromatic nitrogens is 1. The summed E-state index contributed by atoms with van der Waals surface area (Å²) in [6, 6.07) is 9.89. The molecule has 0 N–H and O–H groups in total. The number of benzene rings is 2. The molecular weight excluding hydrogens is 464 g/mol. The number of thiazole rings is 1. The van der Waals surface area contributed by atoms with Gasteiger partial charge in [-0.3, -0.25) is 24.7 Å². The van der Waals surface area contributed by atoms with Crippen LogP contribution in [0.2, 0.25) is 5.02 Å². The van der Waals surface area contributed by atoms with Crippen LogP contribution < -0.4 is 4.90 Å². The summed E-state index contributed by atoms with van der Waals surface area (Å²) in [4.78, 5) is 32.6. The largest absolute Gasteiger partial charge is 0.379 e. The number of ether oxygens (including phenoxy) is 1. The topological polar surface area (TPSA) is 88.8 Å². The van der Waals surface area contributed by atoms with E-state index in [-0.39, 0.29) is 18.0 Å². The van der Waals surface area contributed by atoms with Crippen LogP contribution in [0.1, 0.15) is 17.5 Å². The number of rotatable bonds is 8. The molecule has 10 heteroatoms. The molecule has 1 amide bonds. The number of hydrogen-bond donors (Lipinski definition) is 0. The summed E-state index contributed by atoms with van der Waals surface area (Å²) in [7, 11) is 0. The molecule has 3 aromatic rings. The number of aryl methyl sites for hydroxylation is 1. The average molecular weight is 489 g/mol. The van der Waals surface area contributed by atoms with Crippen molar-refractivity contribution in [2.45, 2.75) is 19.8 Å². The third-order valence-corrected chi connectivity index (χ3v) is 7.18. The minimum Gasteiger partial charge on any atom is -0.379 e. The van der Waals surface area contributed by atoms with Crippen molar-refractivity contribution in [1.82, 2.24) is 9.88 Å². The molecule has 8 nitrogen and oxygen atoms in total. The molecule has 0 aliphatic carbocycles. The van der Waals surface area contributed by atoms with Gasteiger partial charge in [-0.15, -0.1) is 0 Å². The zero-order valence-corrected chi connectivity index (χ0v) is 19.9. The molecule has 2 heterocycles. The molecule has 0 atom stereocenters. The van der Waals surface area contributed by atoms with Crippen molar-refractivity contribution in [1.29, 1.82) is 0 Å². The highest BCUT2D eigenvalue weighted by molar-refractivity contribution is 7.22. The van der Waals surface area contributed by atoms with E-state index in [1.807, 2.05) is 19.1 Å². The van der Waals surface area contributed by atoms with Crippen molar-refractivity contribution in [3.63, 3.8) is 0 Å². The van der Waals surface area contributed by atoms with E-state index < -0.39 is 4.92 Å². The molecular formula is C23H25ClN4O4S. The van der Waals surface area contributed by atoms with Gasteiger partial charge in [-0.2, -0.15) is 0 Å². The summed E-state index contributed by atoms with van der Waals surface area (Å²) in [6.45, 7) is 6.61. The first-order valence-corrected chi connectivity index (χ1v) is 12.0. The van der Waals surface area contributed by atoms with E-state index in [0.29, 0.717) is 16.7 Å². The van der Waals surface area contributed by atoms with Gasteiger partial charge >= 0.3 is 0 Å². The summed E-state index contributed by atoms with van der Waals surface area (Å²) >= 11 is 7.74. The minimum atomic E-state index is -0.446. The third kappa shape index (κ3) is 5.67. The van der Waals surface area contributed by atoms with Gasteiger partial charge in [0.05, 0.1) is 34.8 Å². The highest BCUT2D eigenvalue weighted by Gasteiger charge is 2.22. The van der Waals surface area contributed by atoms with Gasteiger partial charge in [0.2, 0.25) is 5.91 Å². The first-order chi connectivity index (χ1) is 15.9. The van der Waals surface area contributed by atoms with E-state index in [2.05, 4.69) is 4.90 Å². The van der Waals surface area contributed by atoms with E-state index in [1.54, 1.807) is 17.0 Å². The molecule has 1 fully saturated rings. The second kappa shape index (κ2) is 10.6. The Balaban J connectivity index is 1.54. The Morgan fingerprint density at radius 3 is 2.67 bits per heavy atom. The van der Waals surface area contributed by atoms with Crippen molar-refractivity contribution in [3.05, 3.63) is 62.7 Å². The Morgan fingerprint density at radius 1 is 1.24 bits per heavy atom. The second-order valence-electron chi connectivity index (χ2n) is 7.97. The number of anilines is 1. The zero-order chi connectivity index (χ0) is 23.4. The fourth-order valence-electron chi connectivity index (χ4n) is 3.81. The van der Waals surface area contributed by atoms with Gasteiger partial charge in [0.1, 0.15) is 0 Å². The predicted molar refractivity (Wildman–Crippen MR) is 130 cm³/mol. The number of halogens is 1. The smallest absolute Gasteiger partial charge is 0.269 e. The highest BCUT2D eigenvalue weighted by Crippen LogP contribution is 2.34. The summed E-state index contributed by atoms with van der Waals surface area (Å²) < 4.78 is 6.39. The Bertz CT molecular complexity index is 1150. The van der Waals surface area contributed by atoms with Crippen LogP contribution in [0.25, 0.3) is 10.2 Å². The monoisotopic (exact) mass is 488 g/mol. The molecule has 0 bridgehead atoms. The molecule has 2 aromatic carbocycles. The van der Waals surface area contributed by atoms with Crippen LogP contribution in [0, 0.1) is 17.0 Å². The van der Waals surface area contributed by atoms with E-state index >= 15 is 0 Å². The summed E-state index contributed by atoms with van der Waals surface area (Å²) in [5.41, 5.74) is 2.44. The lowest BCUT2D eigenvalue weighted by atomic mass is 10.1. The zero-order valence-electron chi connectivity index (χ0n) is 18.3. The number of morpholine rings is 1. The lowest BCUT2D eigenvalue weighted by Gasteiger charge is -2.27. The Labute approximate surface area is 200 Å². The third-order valence-electron chi connectivity index (χ3n) is 5.73. The van der Waals surface area contributed by atoms with Crippen molar-refractivity contribution >= 4 is 49.9 Å². The lowest BCUT2D eigenvalue weighted by Crippen LogP contribution is -2.39. The Kier molecular flexibility index (Phi) is 7.54. The predicted octanol–water partition coefficient (Wildman–Crippen LogP) is 4.46. The number of nitro groups is 1. The van der Waals surface area contributed by atoms with Crippen LogP contribution in [0.15, 0.2) is 36.4 Å². The quantitative estimate of drug-likeness (QED) is 0.343. The summed E-state index contributed by atoms with van der Waals surface area (Å²) in [5, 5.41) is 12.2.